The summed E-state index contributed by atoms with van der Waals surface area (Å²) in [5, 5.41) is 0. The standard InChI is InChI=1S/C11H11BrN2O2S/c1-7-9(17-6-13-7)5-14(2)11(15)8-3-4-16-10(8)12/h3-4,6H,5H2,1-2H3. The van der Waals surface area contributed by atoms with Gasteiger partial charge in [0.2, 0.25) is 0 Å². The summed E-state index contributed by atoms with van der Waals surface area (Å²) in [6, 6.07) is 1.66. The summed E-state index contributed by atoms with van der Waals surface area (Å²) in [6.07, 6.45) is 1.49. The van der Waals surface area contributed by atoms with Gasteiger partial charge in [0.05, 0.1) is 29.6 Å². The Morgan fingerprint density at radius 3 is 2.94 bits per heavy atom. The van der Waals surface area contributed by atoms with Gasteiger partial charge in [-0.2, -0.15) is 0 Å². The topological polar surface area (TPSA) is 46.3 Å². The van der Waals surface area contributed by atoms with Crippen molar-refractivity contribution in [3.63, 3.8) is 0 Å². The number of amides is 1. The van der Waals surface area contributed by atoms with Gasteiger partial charge in [0.1, 0.15) is 0 Å². The van der Waals surface area contributed by atoms with E-state index in [-0.39, 0.29) is 5.91 Å². The zero-order valence-electron chi connectivity index (χ0n) is 9.44. The fourth-order valence-corrected chi connectivity index (χ4v) is 2.66. The maximum atomic E-state index is 12.1. The number of nitrogens with zero attached hydrogens (tertiary/aromatic N) is 2. The van der Waals surface area contributed by atoms with Crippen molar-refractivity contribution in [1.29, 1.82) is 0 Å². The third-order valence-electron chi connectivity index (χ3n) is 2.42. The molecule has 6 heteroatoms. The van der Waals surface area contributed by atoms with Crippen LogP contribution in [0.4, 0.5) is 0 Å². The maximum absolute atomic E-state index is 12.1. The fourth-order valence-electron chi connectivity index (χ4n) is 1.42. The minimum absolute atomic E-state index is 0.0709. The Balaban J connectivity index is 2.11. The largest absolute Gasteiger partial charge is 0.457 e. The number of carbonyl (C=O) groups is 1. The molecule has 4 nitrogen and oxygen atoms in total. The quantitative estimate of drug-likeness (QED) is 0.874. The zero-order valence-corrected chi connectivity index (χ0v) is 11.8. The average Bonchev–Trinajstić information content (AvgIpc) is 2.88. The molecule has 0 aliphatic heterocycles. The monoisotopic (exact) mass is 314 g/mol. The summed E-state index contributed by atoms with van der Waals surface area (Å²) in [5.41, 5.74) is 3.30. The molecular formula is C11H11BrN2O2S. The van der Waals surface area contributed by atoms with Crippen LogP contribution in [0.5, 0.6) is 0 Å². The zero-order chi connectivity index (χ0) is 12.4. The van der Waals surface area contributed by atoms with Gasteiger partial charge in [0.25, 0.3) is 5.91 Å². The number of carbonyl (C=O) groups excluding carboxylic acids is 1. The lowest BCUT2D eigenvalue weighted by Gasteiger charge is -2.15. The third-order valence-corrected chi connectivity index (χ3v) is 3.95. The SMILES string of the molecule is Cc1ncsc1CN(C)C(=O)c1ccoc1Br. The van der Waals surface area contributed by atoms with Crippen LogP contribution in [0.15, 0.2) is 26.9 Å². The first-order chi connectivity index (χ1) is 8.09. The Labute approximate surface area is 111 Å². The number of furan rings is 1. The van der Waals surface area contributed by atoms with Gasteiger partial charge >= 0.3 is 0 Å². The van der Waals surface area contributed by atoms with Gasteiger partial charge in [-0.3, -0.25) is 4.79 Å². The van der Waals surface area contributed by atoms with Crippen LogP contribution in [0.3, 0.4) is 0 Å². The van der Waals surface area contributed by atoms with Crippen molar-refractivity contribution >= 4 is 33.2 Å². The lowest BCUT2D eigenvalue weighted by molar-refractivity contribution is 0.0784. The number of thiazole rings is 1. The Kier molecular flexibility index (Phi) is 3.63. The van der Waals surface area contributed by atoms with Crippen molar-refractivity contribution in [2.75, 3.05) is 7.05 Å². The summed E-state index contributed by atoms with van der Waals surface area (Å²) in [5.74, 6) is -0.0709. The van der Waals surface area contributed by atoms with Gasteiger partial charge in [0, 0.05) is 11.9 Å². The molecule has 2 rings (SSSR count). The van der Waals surface area contributed by atoms with Gasteiger partial charge in [-0.25, -0.2) is 4.98 Å². The van der Waals surface area contributed by atoms with E-state index in [1.165, 1.54) is 6.26 Å². The van der Waals surface area contributed by atoms with Gasteiger partial charge in [0.15, 0.2) is 4.67 Å². The van der Waals surface area contributed by atoms with Crippen LogP contribution >= 0.6 is 27.3 Å². The van der Waals surface area contributed by atoms with Gasteiger partial charge < -0.3 is 9.32 Å². The second kappa shape index (κ2) is 5.01. The summed E-state index contributed by atoms with van der Waals surface area (Å²) in [7, 11) is 1.76. The van der Waals surface area contributed by atoms with E-state index in [9.17, 15) is 4.79 Å². The molecule has 0 aliphatic rings. The molecule has 2 aromatic rings. The van der Waals surface area contributed by atoms with Crippen LogP contribution in [0.25, 0.3) is 0 Å². The van der Waals surface area contributed by atoms with Gasteiger partial charge in [-0.05, 0) is 28.9 Å². The third kappa shape index (κ3) is 2.58. The van der Waals surface area contributed by atoms with Crippen LogP contribution in [-0.4, -0.2) is 22.8 Å². The van der Waals surface area contributed by atoms with Crippen LogP contribution < -0.4 is 0 Å². The molecule has 1 amide bonds. The first-order valence-corrected chi connectivity index (χ1v) is 6.64. The molecule has 0 spiro atoms. The number of aromatic nitrogens is 1. The fraction of sp³-hybridized carbons (Fsp3) is 0.273. The molecule has 0 saturated heterocycles. The van der Waals surface area contributed by atoms with Crippen molar-refractivity contribution in [2.24, 2.45) is 0 Å². The molecule has 0 unspecified atom stereocenters. The lowest BCUT2D eigenvalue weighted by atomic mass is 10.3. The average molecular weight is 315 g/mol. The molecular weight excluding hydrogens is 304 g/mol. The summed E-state index contributed by atoms with van der Waals surface area (Å²) in [6.45, 7) is 2.50. The van der Waals surface area contributed by atoms with E-state index in [1.54, 1.807) is 34.9 Å². The number of hydrogen-bond donors (Lipinski definition) is 0. The Morgan fingerprint density at radius 1 is 1.65 bits per heavy atom. The van der Waals surface area contributed by atoms with Crippen molar-refractivity contribution in [1.82, 2.24) is 9.88 Å². The van der Waals surface area contributed by atoms with Gasteiger partial charge in [-0.15, -0.1) is 11.3 Å². The molecule has 0 aliphatic carbocycles. The molecule has 0 bridgehead atoms. The van der Waals surface area contributed by atoms with Crippen molar-refractivity contribution < 1.29 is 9.21 Å². The highest BCUT2D eigenvalue weighted by molar-refractivity contribution is 9.10. The number of hydrogen-bond acceptors (Lipinski definition) is 4. The Hall–Kier alpha value is -1.14. The highest BCUT2D eigenvalue weighted by atomic mass is 79.9. The first-order valence-electron chi connectivity index (χ1n) is 4.97. The predicted octanol–water partition coefficient (Wildman–Crippen LogP) is 3.08. The summed E-state index contributed by atoms with van der Waals surface area (Å²) >= 11 is 4.76. The van der Waals surface area contributed by atoms with Crippen LogP contribution in [-0.2, 0) is 6.54 Å². The smallest absolute Gasteiger partial charge is 0.258 e. The van der Waals surface area contributed by atoms with Crippen LogP contribution in [0.2, 0.25) is 0 Å². The van der Waals surface area contributed by atoms with E-state index in [4.69, 9.17) is 4.42 Å². The van der Waals surface area contributed by atoms with E-state index < -0.39 is 0 Å². The number of rotatable bonds is 3. The summed E-state index contributed by atoms with van der Waals surface area (Å²) in [4.78, 5) is 19.0. The molecule has 0 fully saturated rings. The minimum Gasteiger partial charge on any atom is -0.457 e. The highest BCUT2D eigenvalue weighted by Gasteiger charge is 2.18. The van der Waals surface area contributed by atoms with Crippen molar-refractivity contribution in [3.8, 4) is 0 Å². The van der Waals surface area contributed by atoms with Crippen LogP contribution in [0, 0.1) is 6.92 Å². The highest BCUT2D eigenvalue weighted by Crippen LogP contribution is 2.21. The first kappa shape index (κ1) is 12.3. The van der Waals surface area contributed by atoms with Crippen LogP contribution in [0.1, 0.15) is 20.9 Å². The molecule has 0 aromatic carbocycles. The predicted molar refractivity (Wildman–Crippen MR) is 69.1 cm³/mol. The molecule has 0 atom stereocenters. The molecule has 0 N–H and O–H groups in total. The molecule has 2 aromatic heterocycles. The van der Waals surface area contributed by atoms with Crippen molar-refractivity contribution in [3.05, 3.63) is 38.6 Å². The Bertz CT molecular complexity index is 535. The lowest BCUT2D eigenvalue weighted by Crippen LogP contribution is -2.26. The maximum Gasteiger partial charge on any atom is 0.258 e. The normalized spacial score (nSPS) is 10.5. The molecule has 2 heterocycles. The summed E-state index contributed by atoms with van der Waals surface area (Å²) < 4.78 is 5.52. The molecule has 17 heavy (non-hydrogen) atoms. The second-order valence-corrected chi connectivity index (χ2v) is 5.29. The van der Waals surface area contributed by atoms with E-state index in [1.807, 2.05) is 6.92 Å². The number of aryl methyl sites for hydroxylation is 1. The van der Waals surface area contributed by atoms with Crippen molar-refractivity contribution in [2.45, 2.75) is 13.5 Å². The van der Waals surface area contributed by atoms with E-state index >= 15 is 0 Å². The van der Waals surface area contributed by atoms with E-state index in [2.05, 4.69) is 20.9 Å². The Morgan fingerprint density at radius 2 is 2.41 bits per heavy atom. The van der Waals surface area contributed by atoms with Gasteiger partial charge in [-0.1, -0.05) is 0 Å². The number of halogens is 1. The van der Waals surface area contributed by atoms with E-state index in [0.717, 1.165) is 10.6 Å². The van der Waals surface area contributed by atoms with E-state index in [0.29, 0.717) is 16.8 Å². The molecule has 90 valence electrons. The molecule has 0 radical (unpaired) electrons. The second-order valence-electron chi connectivity index (χ2n) is 3.63. The molecule has 0 saturated carbocycles. The minimum atomic E-state index is -0.0709.